The maximum Gasteiger partial charge on any atom is 0.405 e. The predicted molar refractivity (Wildman–Crippen MR) is 85.1 cm³/mol. The van der Waals surface area contributed by atoms with Crippen molar-refractivity contribution in [3.8, 4) is 5.75 Å². The van der Waals surface area contributed by atoms with Gasteiger partial charge in [0.25, 0.3) is 5.91 Å². The molecular formula is C17H18N2O5. The number of ether oxygens (including phenoxy) is 2. The molecule has 126 valence electrons. The number of hydrogen-bond donors (Lipinski definition) is 1. The van der Waals surface area contributed by atoms with E-state index in [2.05, 4.69) is 5.32 Å². The van der Waals surface area contributed by atoms with Crippen molar-refractivity contribution >= 4 is 11.9 Å². The zero-order chi connectivity index (χ0) is 17.5. The van der Waals surface area contributed by atoms with E-state index in [9.17, 15) is 14.8 Å². The number of carbonyl (C=O) groups excluding carboxylic acids is 2. The summed E-state index contributed by atoms with van der Waals surface area (Å²) in [6, 6.07) is 11.6. The molecule has 0 saturated carbocycles. The van der Waals surface area contributed by atoms with E-state index in [1.807, 2.05) is 12.1 Å². The number of hydrogen-bond acceptors (Lipinski definition) is 5. The molecule has 24 heavy (non-hydrogen) atoms. The first-order valence-corrected chi connectivity index (χ1v) is 7.31. The summed E-state index contributed by atoms with van der Waals surface area (Å²) in [4.78, 5) is 23.9. The highest BCUT2D eigenvalue weighted by molar-refractivity contribution is 5.89. The number of amides is 1. The molecule has 0 aliphatic heterocycles. The van der Waals surface area contributed by atoms with Crippen molar-refractivity contribution in [3.63, 3.8) is 0 Å². The minimum atomic E-state index is -1.02. The lowest BCUT2D eigenvalue weighted by molar-refractivity contribution is -0.608. The highest BCUT2D eigenvalue weighted by Gasteiger charge is 2.23. The van der Waals surface area contributed by atoms with Crippen LogP contribution in [0.4, 0.5) is 0 Å². The largest absolute Gasteiger partial charge is 0.618 e. The van der Waals surface area contributed by atoms with Gasteiger partial charge in [-0.1, -0.05) is 12.1 Å². The van der Waals surface area contributed by atoms with Gasteiger partial charge in [-0.25, -0.2) is 4.79 Å². The van der Waals surface area contributed by atoms with Crippen LogP contribution in [0.15, 0.2) is 48.7 Å². The fraction of sp³-hybridized carbons (Fsp3) is 0.235. The minimum absolute atomic E-state index is 0.174. The molecule has 0 spiro atoms. The Morgan fingerprint density at radius 2 is 1.92 bits per heavy atom. The van der Waals surface area contributed by atoms with Gasteiger partial charge < -0.3 is 20.0 Å². The first kappa shape index (κ1) is 17.3. The first-order chi connectivity index (χ1) is 11.5. The lowest BCUT2D eigenvalue weighted by Crippen LogP contribution is -2.39. The van der Waals surface area contributed by atoms with Gasteiger partial charge in [0.15, 0.2) is 12.3 Å². The Labute approximate surface area is 139 Å². The van der Waals surface area contributed by atoms with Gasteiger partial charge in [0.2, 0.25) is 0 Å². The number of pyridine rings is 1. The molecule has 0 bridgehead atoms. The van der Waals surface area contributed by atoms with E-state index in [0.717, 1.165) is 11.3 Å². The molecule has 1 heterocycles. The van der Waals surface area contributed by atoms with Crippen molar-refractivity contribution in [2.24, 2.45) is 0 Å². The zero-order valence-corrected chi connectivity index (χ0v) is 13.4. The van der Waals surface area contributed by atoms with Crippen LogP contribution in [0, 0.1) is 5.21 Å². The second-order valence-corrected chi connectivity index (χ2v) is 5.03. The molecule has 0 fully saturated rings. The van der Waals surface area contributed by atoms with E-state index >= 15 is 0 Å². The predicted octanol–water partition coefficient (Wildman–Crippen LogP) is 1.19. The highest BCUT2D eigenvalue weighted by atomic mass is 16.6. The standard InChI is InChI=1S/C17H18N2O5/c1-12(24-17(21)15-5-3-4-10-19(15)22)16(20)18-11-13-6-8-14(23-2)9-7-13/h3-10,12H,11H2,1-2H3,(H,18,20)/t12-/m0/s1. The molecule has 7 heteroatoms. The number of methoxy groups -OCH3 is 1. The van der Waals surface area contributed by atoms with E-state index < -0.39 is 18.0 Å². The van der Waals surface area contributed by atoms with Crippen LogP contribution in [-0.2, 0) is 16.1 Å². The van der Waals surface area contributed by atoms with Crippen LogP contribution in [0.5, 0.6) is 5.75 Å². The van der Waals surface area contributed by atoms with Crippen molar-refractivity contribution in [2.75, 3.05) is 7.11 Å². The van der Waals surface area contributed by atoms with E-state index in [0.29, 0.717) is 4.73 Å². The lowest BCUT2D eigenvalue weighted by Gasteiger charge is -2.13. The number of nitrogens with one attached hydrogen (secondary N) is 1. The maximum absolute atomic E-state index is 12.0. The molecule has 1 aromatic heterocycles. The Balaban J connectivity index is 1.87. The molecule has 1 atom stereocenters. The van der Waals surface area contributed by atoms with Gasteiger partial charge in [0.05, 0.1) is 7.11 Å². The SMILES string of the molecule is COc1ccc(CNC(=O)[C@H](C)OC(=O)c2cccc[n+]2[O-])cc1. The number of carbonyl (C=O) groups is 2. The normalized spacial score (nSPS) is 11.4. The highest BCUT2D eigenvalue weighted by Crippen LogP contribution is 2.11. The van der Waals surface area contributed by atoms with Gasteiger partial charge in [0.1, 0.15) is 5.75 Å². The van der Waals surface area contributed by atoms with Crippen LogP contribution in [0.2, 0.25) is 0 Å². The average Bonchev–Trinajstić information content (AvgIpc) is 2.60. The molecule has 2 aromatic rings. The van der Waals surface area contributed by atoms with Gasteiger partial charge >= 0.3 is 11.7 Å². The Morgan fingerprint density at radius 1 is 1.21 bits per heavy atom. The number of benzene rings is 1. The Bertz CT molecular complexity index is 715. The van der Waals surface area contributed by atoms with Crippen molar-refractivity contribution in [3.05, 3.63) is 65.1 Å². The van der Waals surface area contributed by atoms with Gasteiger partial charge in [-0.3, -0.25) is 4.79 Å². The minimum Gasteiger partial charge on any atom is -0.618 e. The third-order valence-corrected chi connectivity index (χ3v) is 3.31. The second-order valence-electron chi connectivity index (χ2n) is 5.03. The van der Waals surface area contributed by atoms with Gasteiger partial charge in [-0.2, -0.15) is 4.73 Å². The summed E-state index contributed by atoms with van der Waals surface area (Å²) < 4.78 is 10.5. The summed E-state index contributed by atoms with van der Waals surface area (Å²) in [5.74, 6) is -0.577. The van der Waals surface area contributed by atoms with Crippen molar-refractivity contribution < 1.29 is 23.8 Å². The smallest absolute Gasteiger partial charge is 0.405 e. The van der Waals surface area contributed by atoms with E-state index in [4.69, 9.17) is 9.47 Å². The van der Waals surface area contributed by atoms with Crippen molar-refractivity contribution in [1.29, 1.82) is 0 Å². The van der Waals surface area contributed by atoms with Crippen LogP contribution in [0.1, 0.15) is 23.0 Å². The quantitative estimate of drug-likeness (QED) is 0.488. The Hall–Kier alpha value is -3.09. The lowest BCUT2D eigenvalue weighted by atomic mass is 10.2. The summed E-state index contributed by atoms with van der Waals surface area (Å²) in [6.07, 6.45) is 0.168. The molecule has 7 nitrogen and oxygen atoms in total. The summed E-state index contributed by atoms with van der Waals surface area (Å²) >= 11 is 0. The fourth-order valence-corrected chi connectivity index (χ4v) is 1.94. The molecule has 1 amide bonds. The summed E-state index contributed by atoms with van der Waals surface area (Å²) in [7, 11) is 1.57. The van der Waals surface area contributed by atoms with Crippen LogP contribution in [-0.4, -0.2) is 25.1 Å². The summed E-state index contributed by atoms with van der Waals surface area (Å²) in [5.41, 5.74) is 0.704. The molecule has 0 unspecified atom stereocenters. The Morgan fingerprint density at radius 3 is 2.54 bits per heavy atom. The third kappa shape index (κ3) is 4.45. The first-order valence-electron chi connectivity index (χ1n) is 7.31. The maximum atomic E-state index is 12.0. The van der Waals surface area contributed by atoms with Crippen molar-refractivity contribution in [2.45, 2.75) is 19.6 Å². The van der Waals surface area contributed by atoms with E-state index in [1.54, 1.807) is 25.3 Å². The number of aromatic nitrogens is 1. The van der Waals surface area contributed by atoms with Gasteiger partial charge in [0, 0.05) is 18.7 Å². The summed E-state index contributed by atoms with van der Waals surface area (Å²) in [6.45, 7) is 1.73. The topological polar surface area (TPSA) is 91.6 Å². The van der Waals surface area contributed by atoms with Gasteiger partial charge in [-0.05, 0) is 30.7 Å². The molecular weight excluding hydrogens is 312 g/mol. The van der Waals surface area contributed by atoms with Crippen LogP contribution in [0.3, 0.4) is 0 Å². The number of rotatable bonds is 6. The molecule has 0 aliphatic rings. The molecule has 0 aliphatic carbocycles. The molecule has 0 saturated heterocycles. The second kappa shape index (κ2) is 7.96. The average molecular weight is 330 g/mol. The van der Waals surface area contributed by atoms with Crippen LogP contribution >= 0.6 is 0 Å². The molecule has 2 rings (SSSR count). The van der Waals surface area contributed by atoms with Gasteiger partial charge in [-0.15, -0.1) is 0 Å². The van der Waals surface area contributed by atoms with E-state index in [-0.39, 0.29) is 12.2 Å². The molecule has 1 aromatic carbocycles. The summed E-state index contributed by atoms with van der Waals surface area (Å²) in [5, 5.41) is 14.1. The van der Waals surface area contributed by atoms with E-state index in [1.165, 1.54) is 25.3 Å². The third-order valence-electron chi connectivity index (χ3n) is 3.31. The monoisotopic (exact) mass is 330 g/mol. The number of nitrogens with zero attached hydrogens (tertiary/aromatic N) is 1. The van der Waals surface area contributed by atoms with Crippen LogP contribution < -0.4 is 14.8 Å². The number of esters is 1. The zero-order valence-electron chi connectivity index (χ0n) is 13.4. The Kier molecular flexibility index (Phi) is 5.73. The van der Waals surface area contributed by atoms with Crippen LogP contribution in [0.25, 0.3) is 0 Å². The molecule has 0 radical (unpaired) electrons. The fourth-order valence-electron chi connectivity index (χ4n) is 1.94. The van der Waals surface area contributed by atoms with Crippen molar-refractivity contribution in [1.82, 2.24) is 5.32 Å². The molecule has 1 N–H and O–H groups in total.